The summed E-state index contributed by atoms with van der Waals surface area (Å²) in [4.78, 5) is 0. The average Bonchev–Trinajstić information content (AvgIpc) is 2.72. The molecule has 0 saturated carbocycles. The van der Waals surface area contributed by atoms with Crippen LogP contribution in [-0.4, -0.2) is 0 Å². The van der Waals surface area contributed by atoms with Crippen LogP contribution in [0.25, 0.3) is 22.3 Å². The van der Waals surface area contributed by atoms with Gasteiger partial charge in [0.2, 0.25) is 0 Å². The highest BCUT2D eigenvalue weighted by Crippen LogP contribution is 2.32. The van der Waals surface area contributed by atoms with Crippen LogP contribution < -0.4 is 0 Å². The molecule has 28 heavy (non-hydrogen) atoms. The van der Waals surface area contributed by atoms with E-state index < -0.39 is 11.6 Å². The first-order chi connectivity index (χ1) is 13.6. The lowest BCUT2D eigenvalue weighted by Crippen LogP contribution is -1.95. The van der Waals surface area contributed by atoms with Crippen molar-refractivity contribution in [1.29, 1.82) is 0 Å². The molecule has 0 aliphatic rings. The summed E-state index contributed by atoms with van der Waals surface area (Å²) >= 11 is 0. The molecule has 0 saturated heterocycles. The van der Waals surface area contributed by atoms with Crippen LogP contribution in [0.4, 0.5) is 8.78 Å². The van der Waals surface area contributed by atoms with Crippen LogP contribution >= 0.6 is 0 Å². The van der Waals surface area contributed by atoms with Crippen LogP contribution in [0.15, 0.2) is 72.8 Å². The van der Waals surface area contributed by atoms with Gasteiger partial charge in [-0.05, 0) is 48.4 Å². The molecule has 0 atom stereocenters. The van der Waals surface area contributed by atoms with Crippen molar-refractivity contribution in [3.63, 3.8) is 0 Å². The summed E-state index contributed by atoms with van der Waals surface area (Å²) in [5, 5.41) is 0. The molecule has 2 heteroatoms. The Bertz CT molecular complexity index is 935. The van der Waals surface area contributed by atoms with E-state index in [1.165, 1.54) is 11.1 Å². The minimum Gasteiger partial charge on any atom is -0.203 e. The van der Waals surface area contributed by atoms with E-state index in [-0.39, 0.29) is 0 Å². The van der Waals surface area contributed by atoms with Gasteiger partial charge in [-0.3, -0.25) is 0 Å². The summed E-state index contributed by atoms with van der Waals surface area (Å²) in [7, 11) is 0. The van der Waals surface area contributed by atoms with Gasteiger partial charge in [-0.2, -0.15) is 0 Å². The molecule has 0 heterocycles. The van der Waals surface area contributed by atoms with Gasteiger partial charge >= 0.3 is 0 Å². The van der Waals surface area contributed by atoms with E-state index in [0.717, 1.165) is 25.7 Å². The maximum Gasteiger partial charge on any atom is 0.167 e. The zero-order chi connectivity index (χ0) is 19.9. The molecule has 0 amide bonds. The van der Waals surface area contributed by atoms with Crippen molar-refractivity contribution in [1.82, 2.24) is 0 Å². The number of hydrogen-bond acceptors (Lipinski definition) is 0. The lowest BCUT2D eigenvalue weighted by molar-refractivity contribution is 0.514. The van der Waals surface area contributed by atoms with Crippen molar-refractivity contribution >= 4 is 0 Å². The van der Waals surface area contributed by atoms with Gasteiger partial charge < -0.3 is 0 Å². The molecule has 0 radical (unpaired) electrons. The maximum atomic E-state index is 14.8. The van der Waals surface area contributed by atoms with Crippen LogP contribution in [0.1, 0.15) is 37.8 Å². The predicted octanol–water partition coefficient (Wildman–Crippen LogP) is 7.76. The van der Waals surface area contributed by atoms with E-state index in [1.54, 1.807) is 12.1 Å². The SMILES string of the molecule is C/C=C/CCc1ccc(-c2ccc(-c3ccc(CCC)cc3)c(F)c2F)cc1. The first-order valence-corrected chi connectivity index (χ1v) is 9.91. The minimum absolute atomic E-state index is 0.295. The van der Waals surface area contributed by atoms with Crippen molar-refractivity contribution in [2.75, 3.05) is 0 Å². The number of allylic oxidation sites excluding steroid dienone is 2. The largest absolute Gasteiger partial charge is 0.203 e. The summed E-state index contributed by atoms with van der Waals surface area (Å²) in [6.45, 7) is 4.13. The monoisotopic (exact) mass is 376 g/mol. The van der Waals surface area contributed by atoms with Crippen LogP contribution in [0, 0.1) is 11.6 Å². The molecule has 3 aromatic carbocycles. The van der Waals surface area contributed by atoms with Gasteiger partial charge in [0.1, 0.15) is 0 Å². The number of hydrogen-bond donors (Lipinski definition) is 0. The van der Waals surface area contributed by atoms with Gasteiger partial charge in [0.05, 0.1) is 0 Å². The molecule has 0 spiro atoms. The zero-order valence-corrected chi connectivity index (χ0v) is 16.5. The molecule has 0 unspecified atom stereocenters. The Kier molecular flexibility index (Phi) is 6.76. The summed E-state index contributed by atoms with van der Waals surface area (Å²) < 4.78 is 29.6. The van der Waals surface area contributed by atoms with Crippen molar-refractivity contribution < 1.29 is 8.78 Å². The highest BCUT2D eigenvalue weighted by Gasteiger charge is 2.16. The Morgan fingerprint density at radius 3 is 1.57 bits per heavy atom. The van der Waals surface area contributed by atoms with E-state index >= 15 is 0 Å². The minimum atomic E-state index is -0.795. The molecule has 0 bridgehead atoms. The number of aryl methyl sites for hydroxylation is 2. The third kappa shape index (κ3) is 4.56. The Balaban J connectivity index is 1.85. The van der Waals surface area contributed by atoms with E-state index in [2.05, 4.69) is 13.0 Å². The third-order valence-corrected chi connectivity index (χ3v) is 4.99. The second-order valence-corrected chi connectivity index (χ2v) is 7.04. The van der Waals surface area contributed by atoms with Crippen LogP contribution in [-0.2, 0) is 12.8 Å². The Morgan fingerprint density at radius 2 is 1.14 bits per heavy atom. The van der Waals surface area contributed by atoms with Crippen molar-refractivity contribution in [2.45, 2.75) is 39.5 Å². The van der Waals surface area contributed by atoms with Crippen LogP contribution in [0.3, 0.4) is 0 Å². The molecular weight excluding hydrogens is 350 g/mol. The van der Waals surface area contributed by atoms with Crippen LogP contribution in [0.2, 0.25) is 0 Å². The fraction of sp³-hybridized carbons (Fsp3) is 0.231. The predicted molar refractivity (Wildman–Crippen MR) is 114 cm³/mol. The highest BCUT2D eigenvalue weighted by molar-refractivity contribution is 5.72. The fourth-order valence-corrected chi connectivity index (χ4v) is 3.40. The molecular formula is C26H26F2. The number of halogens is 2. The summed E-state index contributed by atoms with van der Waals surface area (Å²) in [5.41, 5.74) is 4.37. The molecule has 3 aromatic rings. The van der Waals surface area contributed by atoms with Gasteiger partial charge in [0, 0.05) is 11.1 Å². The van der Waals surface area contributed by atoms with Crippen molar-refractivity contribution in [2.24, 2.45) is 0 Å². The van der Waals surface area contributed by atoms with Gasteiger partial charge in [-0.25, -0.2) is 8.78 Å². The summed E-state index contributed by atoms with van der Waals surface area (Å²) in [5.74, 6) is -1.59. The second kappa shape index (κ2) is 9.45. The highest BCUT2D eigenvalue weighted by atomic mass is 19.2. The Labute approximate surface area is 166 Å². The van der Waals surface area contributed by atoms with E-state index in [0.29, 0.717) is 22.3 Å². The lowest BCUT2D eigenvalue weighted by atomic mass is 9.97. The molecule has 0 aromatic heterocycles. The summed E-state index contributed by atoms with van der Waals surface area (Å²) in [6, 6.07) is 18.7. The van der Waals surface area contributed by atoms with E-state index in [4.69, 9.17) is 0 Å². The molecule has 0 N–H and O–H groups in total. The van der Waals surface area contributed by atoms with E-state index in [1.807, 2.05) is 61.5 Å². The van der Waals surface area contributed by atoms with Gasteiger partial charge in [0.15, 0.2) is 11.6 Å². The zero-order valence-electron chi connectivity index (χ0n) is 16.5. The van der Waals surface area contributed by atoms with Gasteiger partial charge in [0.25, 0.3) is 0 Å². The molecule has 0 nitrogen and oxygen atoms in total. The van der Waals surface area contributed by atoms with Crippen LogP contribution in [0.5, 0.6) is 0 Å². The van der Waals surface area contributed by atoms with Gasteiger partial charge in [-0.1, -0.05) is 86.2 Å². The Morgan fingerprint density at radius 1 is 0.679 bits per heavy atom. The first kappa shape index (κ1) is 20.0. The molecule has 0 aliphatic carbocycles. The van der Waals surface area contributed by atoms with Crippen molar-refractivity contribution in [3.05, 3.63) is 95.6 Å². The standard InChI is InChI=1S/C26H26F2/c1-3-5-6-8-20-11-15-22(16-12-20)24-18-17-23(25(27)26(24)28)21-13-9-19(7-4-2)10-14-21/h3,5,9-18H,4,6-8H2,1-2H3/b5-3+. The molecule has 144 valence electrons. The van der Waals surface area contributed by atoms with Crippen molar-refractivity contribution in [3.8, 4) is 22.3 Å². The lowest BCUT2D eigenvalue weighted by Gasteiger charge is -2.10. The second-order valence-electron chi connectivity index (χ2n) is 7.04. The molecule has 0 fully saturated rings. The fourth-order valence-electron chi connectivity index (χ4n) is 3.40. The third-order valence-electron chi connectivity index (χ3n) is 4.99. The van der Waals surface area contributed by atoms with E-state index in [9.17, 15) is 8.78 Å². The topological polar surface area (TPSA) is 0 Å². The normalized spacial score (nSPS) is 11.3. The average molecular weight is 376 g/mol. The molecule has 3 rings (SSSR count). The first-order valence-electron chi connectivity index (χ1n) is 9.91. The number of benzene rings is 3. The summed E-state index contributed by atoms with van der Waals surface area (Å²) in [6.07, 6.45) is 8.12. The smallest absolute Gasteiger partial charge is 0.167 e. The quantitative estimate of drug-likeness (QED) is 0.370. The maximum absolute atomic E-state index is 14.8. The molecule has 0 aliphatic heterocycles. The van der Waals surface area contributed by atoms with Gasteiger partial charge in [-0.15, -0.1) is 0 Å². The Hall–Kier alpha value is -2.74. The number of rotatable bonds is 7.